The van der Waals surface area contributed by atoms with Crippen LogP contribution in [0.4, 0.5) is 4.39 Å². The smallest absolute Gasteiger partial charge is 0.141 e. The van der Waals surface area contributed by atoms with Crippen molar-refractivity contribution in [2.45, 2.75) is 39.3 Å². The largest absolute Gasteiger partial charge is 0.393 e. The van der Waals surface area contributed by atoms with E-state index in [0.717, 1.165) is 18.5 Å². The molecule has 1 aromatic rings. The lowest BCUT2D eigenvalue weighted by Gasteiger charge is -2.19. The van der Waals surface area contributed by atoms with Crippen LogP contribution in [-0.4, -0.2) is 17.8 Å². The average Bonchev–Trinajstić information content (AvgIpc) is 2.35. The van der Waals surface area contributed by atoms with E-state index in [0.29, 0.717) is 5.92 Å². The van der Waals surface area contributed by atoms with Gasteiger partial charge in [-0.25, -0.2) is 4.39 Å². The molecule has 0 aromatic heterocycles. The van der Waals surface area contributed by atoms with Crippen molar-refractivity contribution in [1.29, 1.82) is 5.26 Å². The molecule has 1 aromatic carbocycles. The van der Waals surface area contributed by atoms with E-state index < -0.39 is 5.82 Å². The maximum Gasteiger partial charge on any atom is 0.141 e. The highest BCUT2D eigenvalue weighted by atomic mass is 19.1. The lowest BCUT2D eigenvalue weighted by molar-refractivity contribution is 0.162. The Morgan fingerprint density at radius 2 is 2.05 bits per heavy atom. The summed E-state index contributed by atoms with van der Waals surface area (Å²) in [7, 11) is 0. The standard InChI is InChI=1S/C15H21FN2O/c1-10(6-11(2)19)9-18-12(3)13-4-5-14(8-17)15(16)7-13/h4-5,7,10-12,18-19H,6,9H2,1-3H3. The van der Waals surface area contributed by atoms with Crippen molar-refractivity contribution in [1.82, 2.24) is 5.32 Å². The van der Waals surface area contributed by atoms with Crippen LogP contribution in [0.1, 0.15) is 44.4 Å². The highest BCUT2D eigenvalue weighted by molar-refractivity contribution is 5.34. The Balaban J connectivity index is 2.56. The monoisotopic (exact) mass is 264 g/mol. The molecular formula is C15H21FN2O. The quantitative estimate of drug-likeness (QED) is 0.830. The first kappa shape index (κ1) is 15.6. The van der Waals surface area contributed by atoms with Crippen molar-refractivity contribution in [3.63, 3.8) is 0 Å². The van der Waals surface area contributed by atoms with E-state index in [-0.39, 0.29) is 17.7 Å². The van der Waals surface area contributed by atoms with Crippen LogP contribution in [0.25, 0.3) is 0 Å². The summed E-state index contributed by atoms with van der Waals surface area (Å²) in [5, 5.41) is 21.3. The van der Waals surface area contributed by atoms with Gasteiger partial charge in [0.25, 0.3) is 0 Å². The minimum Gasteiger partial charge on any atom is -0.393 e. The Bertz CT molecular complexity index is 454. The minimum atomic E-state index is -0.481. The van der Waals surface area contributed by atoms with Crippen LogP contribution in [0.2, 0.25) is 0 Å². The molecular weight excluding hydrogens is 243 g/mol. The number of aliphatic hydroxyl groups excluding tert-OH is 1. The number of hydrogen-bond acceptors (Lipinski definition) is 3. The fraction of sp³-hybridized carbons (Fsp3) is 0.533. The number of halogens is 1. The number of rotatable bonds is 6. The zero-order valence-corrected chi connectivity index (χ0v) is 11.7. The molecule has 3 atom stereocenters. The maximum absolute atomic E-state index is 13.5. The van der Waals surface area contributed by atoms with Gasteiger partial charge in [0.05, 0.1) is 11.7 Å². The van der Waals surface area contributed by atoms with Gasteiger partial charge >= 0.3 is 0 Å². The summed E-state index contributed by atoms with van der Waals surface area (Å²) in [6.45, 7) is 6.55. The maximum atomic E-state index is 13.5. The van der Waals surface area contributed by atoms with Gasteiger partial charge in [0.2, 0.25) is 0 Å². The van der Waals surface area contributed by atoms with Gasteiger partial charge < -0.3 is 10.4 Å². The molecule has 0 radical (unpaired) electrons. The lowest BCUT2D eigenvalue weighted by atomic mass is 10.0. The SMILES string of the molecule is CC(O)CC(C)CNC(C)c1ccc(C#N)c(F)c1. The molecule has 0 saturated heterocycles. The summed E-state index contributed by atoms with van der Waals surface area (Å²) in [4.78, 5) is 0. The molecule has 0 bridgehead atoms. The molecule has 0 heterocycles. The van der Waals surface area contributed by atoms with Crippen molar-refractivity contribution in [3.05, 3.63) is 35.1 Å². The van der Waals surface area contributed by atoms with E-state index in [4.69, 9.17) is 5.26 Å². The third-order valence-electron chi connectivity index (χ3n) is 3.13. The van der Waals surface area contributed by atoms with Gasteiger partial charge in [-0.15, -0.1) is 0 Å². The predicted octanol–water partition coefficient (Wildman–Crippen LogP) is 2.75. The molecule has 0 aliphatic carbocycles. The molecule has 0 spiro atoms. The van der Waals surface area contributed by atoms with Crippen molar-refractivity contribution in [2.24, 2.45) is 5.92 Å². The first-order valence-corrected chi connectivity index (χ1v) is 6.55. The Hall–Kier alpha value is -1.44. The van der Waals surface area contributed by atoms with Crippen LogP contribution < -0.4 is 5.32 Å². The van der Waals surface area contributed by atoms with E-state index in [9.17, 15) is 9.50 Å². The second-order valence-electron chi connectivity index (χ2n) is 5.17. The van der Waals surface area contributed by atoms with Crippen molar-refractivity contribution in [2.75, 3.05) is 6.54 Å². The van der Waals surface area contributed by atoms with Crippen LogP contribution in [0.15, 0.2) is 18.2 Å². The Labute approximate surface area is 114 Å². The van der Waals surface area contributed by atoms with Gasteiger partial charge in [-0.3, -0.25) is 0 Å². The molecule has 0 saturated carbocycles. The molecule has 0 fully saturated rings. The molecule has 19 heavy (non-hydrogen) atoms. The second-order valence-corrected chi connectivity index (χ2v) is 5.17. The summed E-state index contributed by atoms with van der Waals surface area (Å²) in [6.07, 6.45) is 0.431. The van der Waals surface area contributed by atoms with Crippen LogP contribution in [-0.2, 0) is 0 Å². The molecule has 0 aliphatic heterocycles. The van der Waals surface area contributed by atoms with E-state index in [1.807, 2.05) is 13.0 Å². The Kier molecular flexibility index (Phi) is 5.94. The number of nitriles is 1. The molecule has 3 unspecified atom stereocenters. The number of hydrogen-bond donors (Lipinski definition) is 2. The van der Waals surface area contributed by atoms with E-state index in [2.05, 4.69) is 12.2 Å². The molecule has 0 aliphatic rings. The normalized spacial score (nSPS) is 15.6. The van der Waals surface area contributed by atoms with E-state index >= 15 is 0 Å². The van der Waals surface area contributed by atoms with Gasteiger partial charge in [0, 0.05) is 6.04 Å². The van der Waals surface area contributed by atoms with Crippen LogP contribution in [0.3, 0.4) is 0 Å². The number of benzene rings is 1. The zero-order valence-electron chi connectivity index (χ0n) is 11.7. The van der Waals surface area contributed by atoms with Crippen molar-refractivity contribution in [3.8, 4) is 6.07 Å². The lowest BCUT2D eigenvalue weighted by Crippen LogP contribution is -2.26. The summed E-state index contributed by atoms with van der Waals surface area (Å²) >= 11 is 0. The van der Waals surface area contributed by atoms with Crippen LogP contribution in [0.5, 0.6) is 0 Å². The van der Waals surface area contributed by atoms with Crippen LogP contribution in [0, 0.1) is 23.1 Å². The Morgan fingerprint density at radius 1 is 1.37 bits per heavy atom. The van der Waals surface area contributed by atoms with Gasteiger partial charge in [0.1, 0.15) is 11.9 Å². The topological polar surface area (TPSA) is 56.0 Å². The molecule has 4 heteroatoms. The second kappa shape index (κ2) is 7.22. The summed E-state index contributed by atoms with van der Waals surface area (Å²) < 4.78 is 13.5. The van der Waals surface area contributed by atoms with Gasteiger partial charge in [-0.1, -0.05) is 13.0 Å². The van der Waals surface area contributed by atoms with Crippen LogP contribution >= 0.6 is 0 Å². The average molecular weight is 264 g/mol. The first-order chi connectivity index (χ1) is 8.93. The van der Waals surface area contributed by atoms with Gasteiger partial charge in [-0.05, 0) is 50.4 Å². The number of nitrogens with one attached hydrogen (secondary N) is 1. The highest BCUT2D eigenvalue weighted by Crippen LogP contribution is 2.17. The predicted molar refractivity (Wildman–Crippen MR) is 73.0 cm³/mol. The summed E-state index contributed by atoms with van der Waals surface area (Å²) in [5.74, 6) is -0.128. The fourth-order valence-corrected chi connectivity index (χ4v) is 2.05. The molecule has 3 nitrogen and oxygen atoms in total. The Morgan fingerprint density at radius 3 is 2.58 bits per heavy atom. The first-order valence-electron chi connectivity index (χ1n) is 6.55. The van der Waals surface area contributed by atoms with E-state index in [1.165, 1.54) is 12.1 Å². The third-order valence-corrected chi connectivity index (χ3v) is 3.13. The summed E-state index contributed by atoms with van der Waals surface area (Å²) in [6, 6.07) is 6.49. The highest BCUT2D eigenvalue weighted by Gasteiger charge is 2.11. The number of nitrogens with zero attached hydrogens (tertiary/aromatic N) is 1. The third kappa shape index (κ3) is 4.98. The molecule has 1 rings (SSSR count). The zero-order chi connectivity index (χ0) is 14.4. The molecule has 0 amide bonds. The number of aliphatic hydroxyl groups is 1. The molecule has 2 N–H and O–H groups in total. The van der Waals surface area contributed by atoms with Crippen molar-refractivity contribution < 1.29 is 9.50 Å². The van der Waals surface area contributed by atoms with Gasteiger partial charge in [0.15, 0.2) is 0 Å². The van der Waals surface area contributed by atoms with E-state index in [1.54, 1.807) is 13.0 Å². The fourth-order valence-electron chi connectivity index (χ4n) is 2.05. The van der Waals surface area contributed by atoms with Gasteiger partial charge in [-0.2, -0.15) is 5.26 Å². The minimum absolute atomic E-state index is 0.0127. The summed E-state index contributed by atoms with van der Waals surface area (Å²) in [5.41, 5.74) is 0.888. The van der Waals surface area contributed by atoms with Crippen molar-refractivity contribution >= 4 is 0 Å². The molecule has 104 valence electrons.